The van der Waals surface area contributed by atoms with Crippen LogP contribution in [0.15, 0.2) is 18.2 Å². The molecule has 0 spiro atoms. The number of amides is 1. The number of carbonyl (C=O) groups is 1. The molecule has 138 valence electrons. The van der Waals surface area contributed by atoms with E-state index >= 15 is 0 Å². The summed E-state index contributed by atoms with van der Waals surface area (Å²) in [5.74, 6) is 0.622. The van der Waals surface area contributed by atoms with Gasteiger partial charge in [0.25, 0.3) is 5.91 Å². The SMILES string of the molecule is O=C(COc1ccc(Cl)cc1Cl)N(C1CCCCC1)C1CCCCC1. The van der Waals surface area contributed by atoms with Gasteiger partial charge in [-0.1, -0.05) is 61.7 Å². The molecular weight excluding hydrogens is 357 g/mol. The number of nitrogens with zero attached hydrogens (tertiary/aromatic N) is 1. The van der Waals surface area contributed by atoms with E-state index in [-0.39, 0.29) is 12.5 Å². The molecule has 1 aromatic rings. The van der Waals surface area contributed by atoms with Gasteiger partial charge in [-0.25, -0.2) is 0 Å². The summed E-state index contributed by atoms with van der Waals surface area (Å²) in [6.45, 7) is 0.0500. The zero-order valence-electron chi connectivity index (χ0n) is 14.7. The summed E-state index contributed by atoms with van der Waals surface area (Å²) in [4.78, 5) is 15.2. The second-order valence-electron chi connectivity index (χ2n) is 7.25. The van der Waals surface area contributed by atoms with Crippen LogP contribution in [0, 0.1) is 0 Å². The molecule has 25 heavy (non-hydrogen) atoms. The average Bonchev–Trinajstić information content (AvgIpc) is 2.63. The molecule has 0 aliphatic heterocycles. The van der Waals surface area contributed by atoms with Crippen LogP contribution in [0.3, 0.4) is 0 Å². The van der Waals surface area contributed by atoms with Gasteiger partial charge >= 0.3 is 0 Å². The fraction of sp³-hybridized carbons (Fsp3) is 0.650. The highest BCUT2D eigenvalue weighted by Gasteiger charge is 2.32. The second-order valence-corrected chi connectivity index (χ2v) is 8.09. The molecule has 0 saturated heterocycles. The maximum absolute atomic E-state index is 13.0. The molecule has 5 heteroatoms. The largest absolute Gasteiger partial charge is 0.482 e. The molecule has 2 aliphatic rings. The van der Waals surface area contributed by atoms with Crippen LogP contribution in [0.25, 0.3) is 0 Å². The number of benzene rings is 1. The molecule has 0 heterocycles. The predicted octanol–water partition coefficient (Wildman–Crippen LogP) is 5.87. The lowest BCUT2D eigenvalue weighted by atomic mass is 9.88. The highest BCUT2D eigenvalue weighted by molar-refractivity contribution is 6.35. The fourth-order valence-corrected chi connectivity index (χ4v) is 4.69. The molecule has 0 radical (unpaired) electrons. The number of rotatable bonds is 5. The predicted molar refractivity (Wildman–Crippen MR) is 103 cm³/mol. The Labute approximate surface area is 160 Å². The second kappa shape index (κ2) is 9.14. The van der Waals surface area contributed by atoms with Crippen LogP contribution < -0.4 is 4.74 Å². The lowest BCUT2D eigenvalue weighted by Crippen LogP contribution is -2.50. The van der Waals surface area contributed by atoms with Gasteiger partial charge in [-0.15, -0.1) is 0 Å². The summed E-state index contributed by atoms with van der Waals surface area (Å²) in [5.41, 5.74) is 0. The molecule has 2 aliphatic carbocycles. The van der Waals surface area contributed by atoms with Gasteiger partial charge in [0, 0.05) is 17.1 Å². The molecule has 0 aromatic heterocycles. The summed E-state index contributed by atoms with van der Waals surface area (Å²) in [7, 11) is 0. The molecule has 3 rings (SSSR count). The van der Waals surface area contributed by atoms with Crippen molar-refractivity contribution >= 4 is 29.1 Å². The Morgan fingerprint density at radius 1 is 0.960 bits per heavy atom. The summed E-state index contributed by atoms with van der Waals surface area (Å²) >= 11 is 12.1. The van der Waals surface area contributed by atoms with Crippen LogP contribution in [-0.2, 0) is 4.79 Å². The average molecular weight is 384 g/mol. The van der Waals surface area contributed by atoms with Gasteiger partial charge in [-0.2, -0.15) is 0 Å². The third-order valence-electron chi connectivity index (χ3n) is 5.47. The molecule has 1 aromatic carbocycles. The van der Waals surface area contributed by atoms with E-state index in [1.54, 1.807) is 18.2 Å². The van der Waals surface area contributed by atoms with E-state index < -0.39 is 0 Å². The van der Waals surface area contributed by atoms with E-state index in [4.69, 9.17) is 27.9 Å². The molecule has 2 saturated carbocycles. The van der Waals surface area contributed by atoms with Crippen LogP contribution in [0.2, 0.25) is 10.0 Å². The Bertz CT molecular complexity index is 563. The number of carbonyl (C=O) groups excluding carboxylic acids is 1. The Morgan fingerprint density at radius 3 is 2.04 bits per heavy atom. The summed E-state index contributed by atoms with van der Waals surface area (Å²) in [6, 6.07) is 5.86. The standard InChI is InChI=1S/C20H27Cl2NO2/c21-15-11-12-19(18(22)13-15)25-14-20(24)23(16-7-3-1-4-8-16)17-9-5-2-6-10-17/h11-13,16-17H,1-10,14H2. The maximum Gasteiger partial charge on any atom is 0.261 e. The van der Waals surface area contributed by atoms with Crippen molar-refractivity contribution in [3.05, 3.63) is 28.2 Å². The van der Waals surface area contributed by atoms with E-state index in [0.717, 1.165) is 25.7 Å². The summed E-state index contributed by atoms with van der Waals surface area (Å²) in [6.07, 6.45) is 12.0. The van der Waals surface area contributed by atoms with Crippen molar-refractivity contribution in [1.82, 2.24) is 4.90 Å². The quantitative estimate of drug-likeness (QED) is 0.636. The van der Waals surface area contributed by atoms with E-state index in [0.29, 0.717) is 27.9 Å². The Morgan fingerprint density at radius 2 is 1.52 bits per heavy atom. The zero-order chi connectivity index (χ0) is 17.6. The lowest BCUT2D eigenvalue weighted by Gasteiger charge is -2.41. The number of ether oxygens (including phenoxy) is 1. The number of halogens is 2. The van der Waals surface area contributed by atoms with Crippen LogP contribution in [0.1, 0.15) is 64.2 Å². The van der Waals surface area contributed by atoms with Gasteiger partial charge < -0.3 is 9.64 Å². The highest BCUT2D eigenvalue weighted by Crippen LogP contribution is 2.31. The van der Waals surface area contributed by atoms with Crippen LogP contribution in [0.4, 0.5) is 0 Å². The van der Waals surface area contributed by atoms with Crippen LogP contribution in [0.5, 0.6) is 5.75 Å². The summed E-state index contributed by atoms with van der Waals surface area (Å²) < 4.78 is 5.73. The molecule has 0 N–H and O–H groups in total. The molecule has 2 fully saturated rings. The van der Waals surface area contributed by atoms with Crippen molar-refractivity contribution in [1.29, 1.82) is 0 Å². The normalized spacial score (nSPS) is 19.6. The number of hydrogen-bond donors (Lipinski definition) is 0. The Kier molecular flexibility index (Phi) is 6.89. The van der Waals surface area contributed by atoms with Crippen molar-refractivity contribution in [2.75, 3.05) is 6.61 Å². The van der Waals surface area contributed by atoms with E-state index in [1.807, 2.05) is 0 Å². The van der Waals surface area contributed by atoms with Gasteiger partial charge in [0.15, 0.2) is 6.61 Å². The maximum atomic E-state index is 13.0. The van der Waals surface area contributed by atoms with E-state index in [1.165, 1.54) is 38.5 Å². The van der Waals surface area contributed by atoms with Gasteiger partial charge in [-0.3, -0.25) is 4.79 Å². The van der Waals surface area contributed by atoms with E-state index in [2.05, 4.69) is 4.90 Å². The highest BCUT2D eigenvalue weighted by atomic mass is 35.5. The van der Waals surface area contributed by atoms with Crippen molar-refractivity contribution < 1.29 is 9.53 Å². The van der Waals surface area contributed by atoms with Crippen molar-refractivity contribution in [2.45, 2.75) is 76.3 Å². The third-order valence-corrected chi connectivity index (χ3v) is 6.00. The summed E-state index contributed by atoms with van der Waals surface area (Å²) in [5, 5.41) is 1.01. The lowest BCUT2D eigenvalue weighted by molar-refractivity contribution is -0.140. The first-order valence-electron chi connectivity index (χ1n) is 9.54. The molecule has 3 nitrogen and oxygen atoms in total. The third kappa shape index (κ3) is 5.04. The smallest absolute Gasteiger partial charge is 0.261 e. The zero-order valence-corrected chi connectivity index (χ0v) is 16.2. The first-order valence-corrected chi connectivity index (χ1v) is 10.3. The van der Waals surface area contributed by atoms with Gasteiger partial charge in [0.05, 0.1) is 5.02 Å². The minimum Gasteiger partial charge on any atom is -0.482 e. The van der Waals surface area contributed by atoms with Gasteiger partial charge in [0.1, 0.15) is 5.75 Å². The van der Waals surface area contributed by atoms with Crippen molar-refractivity contribution in [3.63, 3.8) is 0 Å². The Balaban J connectivity index is 1.67. The van der Waals surface area contributed by atoms with Crippen LogP contribution >= 0.6 is 23.2 Å². The van der Waals surface area contributed by atoms with Gasteiger partial charge in [-0.05, 0) is 43.9 Å². The first-order chi connectivity index (χ1) is 12.1. The minimum absolute atomic E-state index is 0.0500. The van der Waals surface area contributed by atoms with Crippen LogP contribution in [-0.4, -0.2) is 29.5 Å². The fourth-order valence-electron chi connectivity index (χ4n) is 4.23. The molecule has 1 amide bonds. The minimum atomic E-state index is 0.0500. The molecular formula is C20H27Cl2NO2. The van der Waals surface area contributed by atoms with Crippen molar-refractivity contribution in [3.8, 4) is 5.75 Å². The first kappa shape index (κ1) is 18.8. The molecule has 0 atom stereocenters. The number of hydrogen-bond acceptors (Lipinski definition) is 2. The van der Waals surface area contributed by atoms with Crippen molar-refractivity contribution in [2.24, 2.45) is 0 Å². The Hall–Kier alpha value is -0.930. The van der Waals surface area contributed by atoms with E-state index in [9.17, 15) is 4.79 Å². The molecule has 0 bridgehead atoms. The van der Waals surface area contributed by atoms with Gasteiger partial charge in [0.2, 0.25) is 0 Å². The monoisotopic (exact) mass is 383 g/mol. The topological polar surface area (TPSA) is 29.5 Å². The molecule has 0 unspecified atom stereocenters.